The Labute approximate surface area is 124 Å². The molecule has 110 valence electrons. The number of hydrogen-bond donors (Lipinski definition) is 1. The van der Waals surface area contributed by atoms with Gasteiger partial charge in [0.05, 0.1) is 4.90 Å². The third-order valence-corrected chi connectivity index (χ3v) is 6.78. The van der Waals surface area contributed by atoms with E-state index in [9.17, 15) is 8.42 Å². The Morgan fingerprint density at radius 1 is 1.14 bits per heavy atom. The molecule has 0 bridgehead atoms. The van der Waals surface area contributed by atoms with Crippen LogP contribution in [0, 0.1) is 11.8 Å². The zero-order valence-corrected chi connectivity index (χ0v) is 12.5. The summed E-state index contributed by atoms with van der Waals surface area (Å²) >= 11 is 0. The van der Waals surface area contributed by atoms with E-state index >= 15 is 0 Å². The van der Waals surface area contributed by atoms with Crippen LogP contribution in [-0.2, 0) is 10.0 Å². The van der Waals surface area contributed by atoms with Gasteiger partial charge in [-0.15, -0.1) is 0 Å². The van der Waals surface area contributed by atoms with Crippen LogP contribution in [0.5, 0.6) is 0 Å². The first-order valence-electron chi connectivity index (χ1n) is 7.32. The van der Waals surface area contributed by atoms with Gasteiger partial charge in [0.1, 0.15) is 0 Å². The van der Waals surface area contributed by atoms with Crippen molar-refractivity contribution >= 4 is 20.8 Å². The molecule has 2 N–H and O–H groups in total. The average molecular weight is 302 g/mol. The number of benzene rings is 2. The molecule has 4 rings (SSSR count). The lowest BCUT2D eigenvalue weighted by atomic mass is 10.1. The van der Waals surface area contributed by atoms with Crippen molar-refractivity contribution in [2.45, 2.75) is 17.4 Å². The first-order chi connectivity index (χ1) is 10.1. The number of fused-ring (bicyclic) bond motifs is 2. The van der Waals surface area contributed by atoms with Gasteiger partial charge in [0.2, 0.25) is 10.0 Å². The van der Waals surface area contributed by atoms with Crippen molar-refractivity contribution in [3.05, 3.63) is 42.5 Å². The molecule has 2 aromatic rings. The van der Waals surface area contributed by atoms with Gasteiger partial charge in [0.15, 0.2) is 0 Å². The quantitative estimate of drug-likeness (QED) is 0.940. The lowest BCUT2D eigenvalue weighted by Crippen LogP contribution is -2.42. The normalized spacial score (nSPS) is 28.7. The highest BCUT2D eigenvalue weighted by Gasteiger charge is 2.55. The summed E-state index contributed by atoms with van der Waals surface area (Å²) in [5.41, 5.74) is 5.82. The summed E-state index contributed by atoms with van der Waals surface area (Å²) in [6.45, 7) is 1.03. The molecular formula is C16H18N2O2S. The molecule has 21 heavy (non-hydrogen) atoms. The summed E-state index contributed by atoms with van der Waals surface area (Å²) in [5, 5.41) is 1.74. The van der Waals surface area contributed by atoms with Crippen LogP contribution in [0.4, 0.5) is 0 Å². The maximum atomic E-state index is 13.1. The summed E-state index contributed by atoms with van der Waals surface area (Å²) in [7, 11) is -3.48. The molecule has 1 heterocycles. The maximum absolute atomic E-state index is 13.1. The van der Waals surface area contributed by atoms with Gasteiger partial charge in [-0.3, -0.25) is 0 Å². The van der Waals surface area contributed by atoms with Gasteiger partial charge in [-0.1, -0.05) is 36.4 Å². The zero-order chi connectivity index (χ0) is 14.6. The predicted molar refractivity (Wildman–Crippen MR) is 82.3 cm³/mol. The van der Waals surface area contributed by atoms with Crippen molar-refractivity contribution in [3.8, 4) is 0 Å². The Kier molecular flexibility index (Phi) is 2.86. The topological polar surface area (TPSA) is 63.4 Å². The fourth-order valence-corrected chi connectivity index (χ4v) is 5.60. The Morgan fingerprint density at radius 3 is 2.71 bits per heavy atom. The second-order valence-corrected chi connectivity index (χ2v) is 7.87. The number of hydrogen-bond acceptors (Lipinski definition) is 3. The minimum absolute atomic E-state index is 0.0287. The molecule has 0 radical (unpaired) electrons. The highest BCUT2D eigenvalue weighted by molar-refractivity contribution is 7.89. The molecule has 2 aromatic carbocycles. The molecule has 5 heteroatoms. The second-order valence-electron chi connectivity index (χ2n) is 6.01. The lowest BCUT2D eigenvalue weighted by Gasteiger charge is -2.26. The maximum Gasteiger partial charge on any atom is 0.244 e. The van der Waals surface area contributed by atoms with Gasteiger partial charge in [-0.05, 0) is 29.7 Å². The third kappa shape index (κ3) is 1.92. The van der Waals surface area contributed by atoms with Crippen molar-refractivity contribution in [1.82, 2.24) is 4.31 Å². The van der Waals surface area contributed by atoms with Crippen LogP contribution in [0.1, 0.15) is 6.42 Å². The molecule has 0 amide bonds. The van der Waals surface area contributed by atoms with Crippen LogP contribution in [0.2, 0.25) is 0 Å². The van der Waals surface area contributed by atoms with Crippen LogP contribution >= 0.6 is 0 Å². The number of sulfonamides is 1. The van der Waals surface area contributed by atoms with Gasteiger partial charge < -0.3 is 5.73 Å². The largest absolute Gasteiger partial charge is 0.329 e. The number of nitrogens with two attached hydrogens (primary N) is 1. The fraction of sp³-hybridized carbons (Fsp3) is 0.375. The molecule has 0 aromatic heterocycles. The van der Waals surface area contributed by atoms with Gasteiger partial charge in [0, 0.05) is 24.5 Å². The highest BCUT2D eigenvalue weighted by Crippen LogP contribution is 2.51. The molecule has 1 saturated heterocycles. The first kappa shape index (κ1) is 13.2. The minimum Gasteiger partial charge on any atom is -0.329 e. The Morgan fingerprint density at radius 2 is 1.90 bits per heavy atom. The Bertz CT molecular complexity index is 798. The second kappa shape index (κ2) is 4.53. The molecule has 4 nitrogen and oxygen atoms in total. The van der Waals surface area contributed by atoms with Gasteiger partial charge in [-0.25, -0.2) is 8.42 Å². The van der Waals surface area contributed by atoms with E-state index < -0.39 is 10.0 Å². The Hall–Kier alpha value is -1.43. The Balaban J connectivity index is 1.84. The van der Waals surface area contributed by atoms with Gasteiger partial charge in [-0.2, -0.15) is 4.31 Å². The molecule has 1 aliphatic carbocycles. The van der Waals surface area contributed by atoms with Crippen LogP contribution in [0.25, 0.3) is 10.8 Å². The zero-order valence-electron chi connectivity index (χ0n) is 11.6. The minimum atomic E-state index is -3.48. The van der Waals surface area contributed by atoms with E-state index in [1.54, 1.807) is 10.4 Å². The van der Waals surface area contributed by atoms with Gasteiger partial charge in [0.25, 0.3) is 0 Å². The van der Waals surface area contributed by atoms with E-state index in [0.29, 0.717) is 29.8 Å². The summed E-state index contributed by atoms with van der Waals surface area (Å²) < 4.78 is 27.7. The molecule has 3 atom stereocenters. The molecule has 0 spiro atoms. The molecule has 2 fully saturated rings. The van der Waals surface area contributed by atoms with Crippen molar-refractivity contribution in [1.29, 1.82) is 0 Å². The third-order valence-electron chi connectivity index (χ3n) is 4.83. The SMILES string of the molecule is NC[C@@H]1[C@@H]2C[C@@H]2CN1S(=O)(=O)c1cccc2ccccc12. The summed E-state index contributed by atoms with van der Waals surface area (Å²) in [6.07, 6.45) is 1.13. The number of nitrogens with zero attached hydrogens (tertiary/aromatic N) is 1. The monoisotopic (exact) mass is 302 g/mol. The van der Waals surface area contributed by atoms with E-state index in [1.807, 2.05) is 36.4 Å². The van der Waals surface area contributed by atoms with Crippen LogP contribution in [-0.4, -0.2) is 31.9 Å². The molecule has 1 saturated carbocycles. The summed E-state index contributed by atoms with van der Waals surface area (Å²) in [4.78, 5) is 0.403. The van der Waals surface area contributed by atoms with Crippen molar-refractivity contribution in [2.75, 3.05) is 13.1 Å². The number of piperidine rings is 1. The summed E-state index contributed by atoms with van der Waals surface area (Å²) in [5.74, 6) is 0.989. The number of rotatable bonds is 3. The van der Waals surface area contributed by atoms with Gasteiger partial charge >= 0.3 is 0 Å². The average Bonchev–Trinajstić information content (AvgIpc) is 3.17. The van der Waals surface area contributed by atoms with Crippen molar-refractivity contribution < 1.29 is 8.42 Å². The van der Waals surface area contributed by atoms with Crippen molar-refractivity contribution in [2.24, 2.45) is 17.6 Å². The first-order valence-corrected chi connectivity index (χ1v) is 8.76. The fourth-order valence-electron chi connectivity index (χ4n) is 3.65. The molecule has 1 aliphatic heterocycles. The van der Waals surface area contributed by atoms with E-state index in [4.69, 9.17) is 5.73 Å². The highest BCUT2D eigenvalue weighted by atomic mass is 32.2. The van der Waals surface area contributed by atoms with E-state index in [1.165, 1.54) is 0 Å². The molecule has 2 aliphatic rings. The lowest BCUT2D eigenvalue weighted by molar-refractivity contribution is 0.350. The van der Waals surface area contributed by atoms with E-state index in [2.05, 4.69) is 0 Å². The molecular weight excluding hydrogens is 284 g/mol. The van der Waals surface area contributed by atoms with E-state index in [0.717, 1.165) is 17.2 Å². The van der Waals surface area contributed by atoms with Crippen LogP contribution < -0.4 is 5.73 Å². The smallest absolute Gasteiger partial charge is 0.244 e. The predicted octanol–water partition coefficient (Wildman–Crippen LogP) is 1.81. The molecule has 0 unspecified atom stereocenters. The van der Waals surface area contributed by atoms with Crippen LogP contribution in [0.3, 0.4) is 0 Å². The standard InChI is InChI=1S/C16H18N2O2S/c17-9-15-14-8-12(14)10-18(15)21(19,20)16-7-3-5-11-4-1-2-6-13(11)16/h1-7,12,14-15H,8-10,17H2/t12-,14-,15-/m1/s1. The van der Waals surface area contributed by atoms with Crippen molar-refractivity contribution in [3.63, 3.8) is 0 Å². The van der Waals surface area contributed by atoms with Crippen LogP contribution in [0.15, 0.2) is 47.4 Å². The summed E-state index contributed by atoms with van der Waals surface area (Å²) in [6, 6.07) is 13.0. The van der Waals surface area contributed by atoms with E-state index in [-0.39, 0.29) is 6.04 Å².